The molecule has 0 amide bonds. The van der Waals surface area contributed by atoms with E-state index in [2.05, 4.69) is 17.2 Å². The second kappa shape index (κ2) is 7.02. The Bertz CT molecular complexity index is 590. The molecule has 1 aromatic carbocycles. The zero-order valence-corrected chi connectivity index (χ0v) is 12.5. The number of aromatic nitrogens is 1. The highest BCUT2D eigenvalue weighted by atomic mass is 35.5. The van der Waals surface area contributed by atoms with Gasteiger partial charge in [-0.2, -0.15) is 0 Å². The maximum Gasteiger partial charge on any atom is 0.141 e. The van der Waals surface area contributed by atoms with E-state index in [9.17, 15) is 4.39 Å². The normalized spacial score (nSPS) is 12.4. The van der Waals surface area contributed by atoms with E-state index in [4.69, 9.17) is 23.2 Å². The molecule has 1 aromatic heterocycles. The fourth-order valence-electron chi connectivity index (χ4n) is 2.02. The van der Waals surface area contributed by atoms with Crippen molar-refractivity contribution < 1.29 is 4.39 Å². The lowest BCUT2D eigenvalue weighted by Crippen LogP contribution is -2.23. The molecule has 0 saturated carbocycles. The topological polar surface area (TPSA) is 24.9 Å². The number of benzene rings is 1. The minimum absolute atomic E-state index is 0.232. The van der Waals surface area contributed by atoms with Crippen molar-refractivity contribution in [2.24, 2.45) is 0 Å². The van der Waals surface area contributed by atoms with E-state index in [1.165, 1.54) is 12.3 Å². The summed E-state index contributed by atoms with van der Waals surface area (Å²) < 4.78 is 13.4. The minimum atomic E-state index is -0.371. The van der Waals surface area contributed by atoms with Crippen LogP contribution in [-0.2, 0) is 0 Å². The van der Waals surface area contributed by atoms with Crippen molar-refractivity contribution in [2.45, 2.75) is 19.4 Å². The van der Waals surface area contributed by atoms with Gasteiger partial charge in [-0.25, -0.2) is 4.39 Å². The lowest BCUT2D eigenvalue weighted by atomic mass is 10.00. The quantitative estimate of drug-likeness (QED) is 0.871. The molecule has 0 radical (unpaired) electrons. The van der Waals surface area contributed by atoms with Crippen molar-refractivity contribution in [1.82, 2.24) is 10.3 Å². The van der Waals surface area contributed by atoms with E-state index in [-0.39, 0.29) is 11.9 Å². The number of nitrogens with one attached hydrogen (secondary N) is 1. The van der Waals surface area contributed by atoms with Crippen molar-refractivity contribution in [2.75, 3.05) is 6.54 Å². The first-order valence-corrected chi connectivity index (χ1v) is 7.16. The summed E-state index contributed by atoms with van der Waals surface area (Å²) in [6.07, 6.45) is 3.77. The summed E-state index contributed by atoms with van der Waals surface area (Å²) in [6, 6.07) is 6.49. The highest BCUT2D eigenvalue weighted by Gasteiger charge is 2.17. The van der Waals surface area contributed by atoms with Crippen molar-refractivity contribution >= 4 is 23.2 Å². The first-order chi connectivity index (χ1) is 9.61. The van der Waals surface area contributed by atoms with Gasteiger partial charge in [0.2, 0.25) is 0 Å². The van der Waals surface area contributed by atoms with Crippen molar-refractivity contribution in [3.63, 3.8) is 0 Å². The molecule has 0 bridgehead atoms. The molecule has 1 unspecified atom stereocenters. The molecule has 1 heterocycles. The molecule has 2 rings (SSSR count). The van der Waals surface area contributed by atoms with Crippen molar-refractivity contribution in [1.29, 1.82) is 0 Å². The van der Waals surface area contributed by atoms with Gasteiger partial charge >= 0.3 is 0 Å². The Morgan fingerprint density at radius 2 is 2.05 bits per heavy atom. The van der Waals surface area contributed by atoms with Gasteiger partial charge < -0.3 is 5.32 Å². The number of hydrogen-bond donors (Lipinski definition) is 1. The first kappa shape index (κ1) is 15.2. The lowest BCUT2D eigenvalue weighted by Gasteiger charge is -2.20. The number of hydrogen-bond acceptors (Lipinski definition) is 2. The van der Waals surface area contributed by atoms with Gasteiger partial charge in [-0.05, 0) is 48.4 Å². The molecule has 5 heteroatoms. The lowest BCUT2D eigenvalue weighted by molar-refractivity contribution is 0.580. The van der Waals surface area contributed by atoms with Crippen LogP contribution in [0.5, 0.6) is 0 Å². The number of halogens is 3. The molecule has 2 nitrogen and oxygen atoms in total. The summed E-state index contributed by atoms with van der Waals surface area (Å²) in [5.74, 6) is -0.371. The van der Waals surface area contributed by atoms with Gasteiger partial charge in [0.25, 0.3) is 0 Å². The molecule has 0 saturated heterocycles. The summed E-state index contributed by atoms with van der Waals surface area (Å²) in [6.45, 7) is 2.84. The molecule has 1 atom stereocenters. The Hall–Kier alpha value is -1.16. The SMILES string of the molecule is CCCNC(c1cncc(F)c1)c1cc(Cl)ccc1Cl. The number of pyridine rings is 1. The molecule has 2 aromatic rings. The second-order valence-corrected chi connectivity index (χ2v) is 5.33. The monoisotopic (exact) mass is 312 g/mol. The maximum absolute atomic E-state index is 13.4. The van der Waals surface area contributed by atoms with Gasteiger partial charge in [0.1, 0.15) is 5.82 Å². The third-order valence-corrected chi connectivity index (χ3v) is 3.51. The van der Waals surface area contributed by atoms with E-state index >= 15 is 0 Å². The maximum atomic E-state index is 13.4. The van der Waals surface area contributed by atoms with Crippen LogP contribution in [0.15, 0.2) is 36.7 Å². The van der Waals surface area contributed by atoms with Gasteiger partial charge in [0.05, 0.1) is 12.2 Å². The fourth-order valence-corrected chi connectivity index (χ4v) is 2.43. The fraction of sp³-hybridized carbons (Fsp3) is 0.267. The summed E-state index contributed by atoms with van der Waals surface area (Å²) >= 11 is 12.3. The smallest absolute Gasteiger partial charge is 0.141 e. The van der Waals surface area contributed by atoms with E-state index in [1.807, 2.05) is 0 Å². The largest absolute Gasteiger partial charge is 0.306 e. The van der Waals surface area contributed by atoms with Crippen LogP contribution in [0.25, 0.3) is 0 Å². The van der Waals surface area contributed by atoms with Crippen LogP contribution in [0.2, 0.25) is 10.0 Å². The van der Waals surface area contributed by atoms with Crippen LogP contribution in [-0.4, -0.2) is 11.5 Å². The highest BCUT2D eigenvalue weighted by molar-refractivity contribution is 6.33. The van der Waals surface area contributed by atoms with Crippen LogP contribution in [0.1, 0.15) is 30.5 Å². The van der Waals surface area contributed by atoms with E-state index in [1.54, 1.807) is 24.4 Å². The van der Waals surface area contributed by atoms with E-state index in [0.29, 0.717) is 10.0 Å². The Morgan fingerprint density at radius 1 is 1.25 bits per heavy atom. The zero-order valence-electron chi connectivity index (χ0n) is 11.0. The van der Waals surface area contributed by atoms with Gasteiger partial charge in [0, 0.05) is 16.2 Å². The molecule has 0 aliphatic heterocycles. The van der Waals surface area contributed by atoms with Crippen molar-refractivity contribution in [3.05, 3.63) is 63.6 Å². The molecule has 0 aliphatic carbocycles. The van der Waals surface area contributed by atoms with E-state index < -0.39 is 0 Å². The van der Waals surface area contributed by atoms with Crippen LogP contribution >= 0.6 is 23.2 Å². The molecule has 0 spiro atoms. The van der Waals surface area contributed by atoms with Gasteiger partial charge in [0.15, 0.2) is 0 Å². The summed E-state index contributed by atoms with van der Waals surface area (Å²) in [7, 11) is 0. The van der Waals surface area contributed by atoms with Crippen LogP contribution < -0.4 is 5.32 Å². The molecular weight excluding hydrogens is 298 g/mol. The first-order valence-electron chi connectivity index (χ1n) is 6.40. The zero-order chi connectivity index (χ0) is 14.5. The van der Waals surface area contributed by atoms with Crippen LogP contribution in [0, 0.1) is 5.82 Å². The second-order valence-electron chi connectivity index (χ2n) is 4.49. The number of nitrogens with zero attached hydrogens (tertiary/aromatic N) is 1. The Morgan fingerprint density at radius 3 is 2.75 bits per heavy atom. The molecule has 0 aliphatic rings. The van der Waals surface area contributed by atoms with Crippen LogP contribution in [0.4, 0.5) is 4.39 Å². The summed E-state index contributed by atoms with van der Waals surface area (Å²) in [5.41, 5.74) is 1.54. The van der Waals surface area contributed by atoms with Gasteiger partial charge in [-0.15, -0.1) is 0 Å². The molecule has 1 N–H and O–H groups in total. The van der Waals surface area contributed by atoms with Gasteiger partial charge in [-0.1, -0.05) is 30.1 Å². The van der Waals surface area contributed by atoms with Crippen molar-refractivity contribution in [3.8, 4) is 0 Å². The minimum Gasteiger partial charge on any atom is -0.306 e. The Balaban J connectivity index is 2.44. The average molecular weight is 313 g/mol. The highest BCUT2D eigenvalue weighted by Crippen LogP contribution is 2.30. The standard InChI is InChI=1S/C15H15Cl2FN2/c1-2-5-20-15(10-6-12(18)9-19-8-10)13-7-11(16)3-4-14(13)17/h3-4,6-9,15,20H,2,5H2,1H3. The Kier molecular flexibility index (Phi) is 5.35. The molecule has 106 valence electrons. The molecule has 0 fully saturated rings. The average Bonchev–Trinajstić information content (AvgIpc) is 2.43. The Labute approximate surface area is 127 Å². The third-order valence-electron chi connectivity index (χ3n) is 2.93. The third kappa shape index (κ3) is 3.69. The molecular formula is C15H15Cl2FN2. The molecule has 20 heavy (non-hydrogen) atoms. The summed E-state index contributed by atoms with van der Waals surface area (Å²) in [5, 5.41) is 4.53. The summed E-state index contributed by atoms with van der Waals surface area (Å²) in [4.78, 5) is 3.90. The predicted molar refractivity (Wildman–Crippen MR) is 80.8 cm³/mol. The van der Waals surface area contributed by atoms with E-state index in [0.717, 1.165) is 24.1 Å². The predicted octanol–water partition coefficient (Wildman–Crippen LogP) is 4.62. The van der Waals surface area contributed by atoms with Crippen LogP contribution in [0.3, 0.4) is 0 Å². The number of rotatable bonds is 5. The van der Waals surface area contributed by atoms with Gasteiger partial charge in [-0.3, -0.25) is 4.98 Å².